The van der Waals surface area contributed by atoms with Crippen LogP contribution >= 0.6 is 0 Å². The lowest BCUT2D eigenvalue weighted by atomic mass is 10.4. The second kappa shape index (κ2) is 2.39. The lowest BCUT2D eigenvalue weighted by molar-refractivity contribution is 0.391. The standard InChI is InChI=1S/C5H7FO/c1-3-5(6)4(2)7/h3,7H,2H2,1H3/b5-3+. The lowest BCUT2D eigenvalue weighted by Gasteiger charge is -1.86. The van der Waals surface area contributed by atoms with Crippen LogP contribution < -0.4 is 0 Å². The number of hydrogen-bond acceptors (Lipinski definition) is 1. The summed E-state index contributed by atoms with van der Waals surface area (Å²) in [5, 5.41) is 8.18. The van der Waals surface area contributed by atoms with Crippen LogP contribution in [0, 0.1) is 0 Å². The Labute approximate surface area is 41.8 Å². The molecular formula is C5H7FO. The first-order chi connectivity index (χ1) is 3.18. The highest BCUT2D eigenvalue weighted by molar-refractivity contribution is 5.12. The van der Waals surface area contributed by atoms with E-state index in [1.807, 2.05) is 0 Å². The molecule has 40 valence electrons. The van der Waals surface area contributed by atoms with Gasteiger partial charge in [0.25, 0.3) is 0 Å². The first-order valence-corrected chi connectivity index (χ1v) is 1.88. The fraction of sp³-hybridized carbons (Fsp3) is 0.200. The van der Waals surface area contributed by atoms with Gasteiger partial charge in [-0.2, -0.15) is 0 Å². The molecular weight excluding hydrogens is 95.1 g/mol. The van der Waals surface area contributed by atoms with Crippen LogP contribution in [0.3, 0.4) is 0 Å². The van der Waals surface area contributed by atoms with Crippen molar-refractivity contribution in [2.45, 2.75) is 6.92 Å². The third kappa shape index (κ3) is 1.98. The molecule has 0 aromatic heterocycles. The van der Waals surface area contributed by atoms with Crippen molar-refractivity contribution in [1.29, 1.82) is 0 Å². The Morgan fingerprint density at radius 1 is 1.86 bits per heavy atom. The van der Waals surface area contributed by atoms with Crippen LogP contribution in [0.4, 0.5) is 4.39 Å². The van der Waals surface area contributed by atoms with Gasteiger partial charge in [0.15, 0.2) is 5.83 Å². The largest absolute Gasteiger partial charge is 0.506 e. The highest BCUT2D eigenvalue weighted by atomic mass is 19.1. The fourth-order valence-corrected chi connectivity index (χ4v) is 0.167. The van der Waals surface area contributed by atoms with Crippen molar-refractivity contribution in [1.82, 2.24) is 0 Å². The van der Waals surface area contributed by atoms with E-state index in [2.05, 4.69) is 6.58 Å². The van der Waals surface area contributed by atoms with Gasteiger partial charge in [-0.15, -0.1) is 0 Å². The van der Waals surface area contributed by atoms with Crippen LogP contribution in [0.25, 0.3) is 0 Å². The minimum absolute atomic E-state index is 0.512. The summed E-state index contributed by atoms with van der Waals surface area (Å²) in [7, 11) is 0. The van der Waals surface area contributed by atoms with E-state index in [-0.39, 0.29) is 0 Å². The molecule has 1 nitrogen and oxygen atoms in total. The van der Waals surface area contributed by atoms with Crippen LogP contribution in [-0.2, 0) is 0 Å². The molecule has 0 aromatic carbocycles. The molecule has 7 heavy (non-hydrogen) atoms. The Hall–Kier alpha value is -0.790. The molecule has 0 rings (SSSR count). The number of aliphatic hydroxyl groups excluding tert-OH is 1. The van der Waals surface area contributed by atoms with Crippen LogP contribution in [0.2, 0.25) is 0 Å². The summed E-state index contributed by atoms with van der Waals surface area (Å²) in [5.41, 5.74) is 0. The summed E-state index contributed by atoms with van der Waals surface area (Å²) < 4.78 is 11.8. The molecule has 0 bridgehead atoms. The summed E-state index contributed by atoms with van der Waals surface area (Å²) in [6, 6.07) is 0. The van der Waals surface area contributed by atoms with Crippen molar-refractivity contribution in [2.24, 2.45) is 0 Å². The molecule has 0 aliphatic rings. The topological polar surface area (TPSA) is 20.2 Å². The quantitative estimate of drug-likeness (QED) is 0.396. The second-order valence-electron chi connectivity index (χ2n) is 1.08. The molecule has 0 radical (unpaired) electrons. The van der Waals surface area contributed by atoms with Crippen LogP contribution in [-0.4, -0.2) is 5.11 Å². The summed E-state index contributed by atoms with van der Waals surface area (Å²) in [4.78, 5) is 0. The smallest absolute Gasteiger partial charge is 0.159 e. The average Bonchev–Trinajstić information content (AvgIpc) is 1.65. The first kappa shape index (κ1) is 6.21. The summed E-state index contributed by atoms with van der Waals surface area (Å²) in [5.74, 6) is -1.18. The lowest BCUT2D eigenvalue weighted by Crippen LogP contribution is -1.74. The second-order valence-corrected chi connectivity index (χ2v) is 1.08. The van der Waals surface area contributed by atoms with Gasteiger partial charge in [-0.25, -0.2) is 4.39 Å². The number of hydrogen-bond donors (Lipinski definition) is 1. The van der Waals surface area contributed by atoms with Gasteiger partial charge in [-0.3, -0.25) is 0 Å². The van der Waals surface area contributed by atoms with Gasteiger partial charge in [0.2, 0.25) is 0 Å². The van der Waals surface area contributed by atoms with E-state index in [4.69, 9.17) is 5.11 Å². The molecule has 1 N–H and O–H groups in total. The normalized spacial score (nSPS) is 11.4. The van der Waals surface area contributed by atoms with Gasteiger partial charge in [-0.05, 0) is 13.0 Å². The highest BCUT2D eigenvalue weighted by Gasteiger charge is 1.90. The van der Waals surface area contributed by atoms with E-state index in [1.54, 1.807) is 0 Å². The van der Waals surface area contributed by atoms with Gasteiger partial charge >= 0.3 is 0 Å². The molecule has 0 fully saturated rings. The van der Waals surface area contributed by atoms with E-state index in [1.165, 1.54) is 6.92 Å². The summed E-state index contributed by atoms with van der Waals surface area (Å²) in [6.45, 7) is 4.42. The van der Waals surface area contributed by atoms with Gasteiger partial charge in [0.05, 0.1) is 0 Å². The van der Waals surface area contributed by atoms with Gasteiger partial charge in [-0.1, -0.05) is 6.58 Å². The van der Waals surface area contributed by atoms with E-state index in [0.717, 1.165) is 6.08 Å². The Morgan fingerprint density at radius 2 is 2.29 bits per heavy atom. The van der Waals surface area contributed by atoms with E-state index in [0.29, 0.717) is 0 Å². The maximum absolute atomic E-state index is 11.8. The highest BCUT2D eigenvalue weighted by Crippen LogP contribution is 2.02. The molecule has 0 aliphatic carbocycles. The molecule has 0 unspecified atom stereocenters. The first-order valence-electron chi connectivity index (χ1n) is 1.88. The molecule has 0 saturated carbocycles. The fourth-order valence-electron chi connectivity index (χ4n) is 0.167. The number of aliphatic hydroxyl groups is 1. The van der Waals surface area contributed by atoms with Crippen LogP contribution in [0.5, 0.6) is 0 Å². The Bertz CT molecular complexity index is 105. The van der Waals surface area contributed by atoms with Crippen molar-refractivity contribution < 1.29 is 9.50 Å². The van der Waals surface area contributed by atoms with Crippen molar-refractivity contribution in [3.63, 3.8) is 0 Å². The van der Waals surface area contributed by atoms with Crippen molar-refractivity contribution in [3.05, 3.63) is 24.2 Å². The van der Waals surface area contributed by atoms with Crippen LogP contribution in [0.1, 0.15) is 6.92 Å². The van der Waals surface area contributed by atoms with E-state index < -0.39 is 11.6 Å². The zero-order valence-corrected chi connectivity index (χ0v) is 4.11. The predicted molar refractivity (Wildman–Crippen MR) is 26.6 cm³/mol. The molecule has 0 saturated heterocycles. The third-order valence-electron chi connectivity index (χ3n) is 0.529. The van der Waals surface area contributed by atoms with Crippen molar-refractivity contribution in [3.8, 4) is 0 Å². The zero-order chi connectivity index (χ0) is 5.86. The number of halogens is 1. The molecule has 0 heterocycles. The van der Waals surface area contributed by atoms with Gasteiger partial charge in [0, 0.05) is 0 Å². The molecule has 2 heteroatoms. The van der Waals surface area contributed by atoms with E-state index >= 15 is 0 Å². The monoisotopic (exact) mass is 102 g/mol. The Morgan fingerprint density at radius 3 is 2.29 bits per heavy atom. The summed E-state index contributed by atoms with van der Waals surface area (Å²) >= 11 is 0. The molecule has 0 aliphatic heterocycles. The molecule has 0 spiro atoms. The minimum Gasteiger partial charge on any atom is -0.506 e. The SMILES string of the molecule is C=C(O)/C(F)=C\C. The summed E-state index contributed by atoms with van der Waals surface area (Å²) in [6.07, 6.45) is 1.14. The third-order valence-corrected chi connectivity index (χ3v) is 0.529. The minimum atomic E-state index is -0.667. The van der Waals surface area contributed by atoms with Crippen molar-refractivity contribution in [2.75, 3.05) is 0 Å². The van der Waals surface area contributed by atoms with Gasteiger partial charge in [0.1, 0.15) is 5.76 Å². The molecule has 0 atom stereocenters. The Balaban J connectivity index is 3.82. The molecule has 0 amide bonds. The van der Waals surface area contributed by atoms with Crippen LogP contribution in [0.15, 0.2) is 24.2 Å². The maximum atomic E-state index is 11.8. The molecule has 0 aromatic rings. The Kier molecular flexibility index (Phi) is 2.12. The zero-order valence-electron chi connectivity index (χ0n) is 4.11. The van der Waals surface area contributed by atoms with Gasteiger partial charge < -0.3 is 5.11 Å². The average molecular weight is 102 g/mol. The van der Waals surface area contributed by atoms with Crippen molar-refractivity contribution >= 4 is 0 Å². The van der Waals surface area contributed by atoms with E-state index in [9.17, 15) is 4.39 Å². The number of allylic oxidation sites excluding steroid dienone is 2. The maximum Gasteiger partial charge on any atom is 0.159 e. The number of rotatable bonds is 1. The predicted octanol–water partition coefficient (Wildman–Crippen LogP) is 1.93.